The molecule has 2 aromatic carbocycles. The van der Waals surface area contributed by atoms with Crippen LogP contribution in [0.5, 0.6) is 0 Å². The Morgan fingerprint density at radius 3 is 2.30 bits per heavy atom. The van der Waals surface area contributed by atoms with Crippen molar-refractivity contribution in [2.45, 2.75) is 26.8 Å². The molecule has 1 atom stereocenters. The molecule has 0 fully saturated rings. The first-order valence-corrected chi connectivity index (χ1v) is 10.1. The number of nitrogen functional groups attached to an aromatic ring is 1. The molecule has 0 aromatic heterocycles. The molecular formula is C26H27N3O. The Bertz CT molecular complexity index is 1120. The van der Waals surface area contributed by atoms with Crippen LogP contribution in [0.2, 0.25) is 0 Å². The number of nitrogens with two attached hydrogens (primary N) is 1. The van der Waals surface area contributed by atoms with Gasteiger partial charge in [0.25, 0.3) is 0 Å². The average molecular weight is 398 g/mol. The molecule has 4 rings (SSSR count). The lowest BCUT2D eigenvalue weighted by Crippen LogP contribution is -2.29. The number of ketones is 1. The lowest BCUT2D eigenvalue weighted by Gasteiger charge is -2.24. The molecule has 4 heteroatoms. The van der Waals surface area contributed by atoms with Crippen LogP contribution in [0.3, 0.4) is 0 Å². The Labute approximate surface area is 178 Å². The van der Waals surface area contributed by atoms with Crippen LogP contribution in [-0.2, 0) is 4.79 Å². The first-order chi connectivity index (χ1) is 14.4. The molecule has 3 N–H and O–H groups in total. The van der Waals surface area contributed by atoms with Gasteiger partial charge in [-0.1, -0.05) is 48.5 Å². The van der Waals surface area contributed by atoms with Gasteiger partial charge in [-0.3, -0.25) is 4.79 Å². The predicted octanol–water partition coefficient (Wildman–Crippen LogP) is 4.96. The summed E-state index contributed by atoms with van der Waals surface area (Å²) in [6, 6.07) is 18.1. The van der Waals surface area contributed by atoms with Crippen molar-refractivity contribution in [3.05, 3.63) is 106 Å². The molecule has 4 nitrogen and oxygen atoms in total. The van der Waals surface area contributed by atoms with Gasteiger partial charge in [-0.25, -0.2) is 5.43 Å². The van der Waals surface area contributed by atoms with Crippen molar-refractivity contribution in [3.8, 4) is 0 Å². The third-order valence-corrected chi connectivity index (χ3v) is 6.05. The van der Waals surface area contributed by atoms with E-state index in [2.05, 4.69) is 24.5 Å². The number of allylic oxidation sites excluding steroid dienone is 6. The Morgan fingerprint density at radius 2 is 1.63 bits per heavy atom. The van der Waals surface area contributed by atoms with E-state index in [1.807, 2.05) is 74.4 Å². The molecule has 2 aliphatic rings. The highest BCUT2D eigenvalue weighted by Gasteiger charge is 2.34. The highest BCUT2D eigenvalue weighted by molar-refractivity contribution is 6.16. The SMILES string of the molecule is CC1=C(C)C(=C(C2=C(C)N(C)NC2c2ccccc2)c2ccc(N)cc2)C(=O)C=C1. The summed E-state index contributed by atoms with van der Waals surface area (Å²) in [4.78, 5) is 13.2. The zero-order valence-corrected chi connectivity index (χ0v) is 17.9. The molecule has 0 amide bonds. The maximum Gasteiger partial charge on any atom is 0.186 e. The minimum atomic E-state index is -0.0527. The molecule has 30 heavy (non-hydrogen) atoms. The van der Waals surface area contributed by atoms with Gasteiger partial charge in [0.1, 0.15) is 0 Å². The molecule has 152 valence electrons. The van der Waals surface area contributed by atoms with Gasteiger partial charge >= 0.3 is 0 Å². The van der Waals surface area contributed by atoms with Gasteiger partial charge in [0.2, 0.25) is 0 Å². The summed E-state index contributed by atoms with van der Waals surface area (Å²) in [5, 5.41) is 2.04. The number of carbonyl (C=O) groups is 1. The van der Waals surface area contributed by atoms with Crippen molar-refractivity contribution < 1.29 is 4.79 Å². The fourth-order valence-corrected chi connectivity index (χ4v) is 4.14. The maximum absolute atomic E-state index is 13.2. The molecule has 2 aromatic rings. The van der Waals surface area contributed by atoms with E-state index in [0.29, 0.717) is 5.69 Å². The number of nitrogens with zero attached hydrogens (tertiary/aromatic N) is 1. The predicted molar refractivity (Wildman–Crippen MR) is 123 cm³/mol. The van der Waals surface area contributed by atoms with Crippen LogP contribution < -0.4 is 11.2 Å². The smallest absolute Gasteiger partial charge is 0.186 e. The van der Waals surface area contributed by atoms with Gasteiger partial charge in [0.05, 0.1) is 6.04 Å². The molecule has 0 spiro atoms. The zero-order valence-electron chi connectivity index (χ0n) is 17.9. The minimum Gasteiger partial charge on any atom is -0.399 e. The van der Waals surface area contributed by atoms with Crippen LogP contribution in [0.1, 0.15) is 37.9 Å². The van der Waals surface area contributed by atoms with Gasteiger partial charge in [0, 0.05) is 35.2 Å². The molecule has 0 bridgehead atoms. The second-order valence-corrected chi connectivity index (χ2v) is 7.91. The van der Waals surface area contributed by atoms with Crippen LogP contribution in [0.15, 0.2) is 94.7 Å². The molecule has 0 saturated carbocycles. The quantitative estimate of drug-likeness (QED) is 0.568. The van der Waals surface area contributed by atoms with Crippen molar-refractivity contribution in [2.75, 3.05) is 12.8 Å². The number of anilines is 1. The van der Waals surface area contributed by atoms with Crippen LogP contribution >= 0.6 is 0 Å². The van der Waals surface area contributed by atoms with Crippen molar-refractivity contribution >= 4 is 17.0 Å². The van der Waals surface area contributed by atoms with Crippen molar-refractivity contribution in [1.82, 2.24) is 10.4 Å². The zero-order chi connectivity index (χ0) is 21.4. The van der Waals surface area contributed by atoms with Gasteiger partial charge in [0.15, 0.2) is 5.78 Å². The van der Waals surface area contributed by atoms with Crippen LogP contribution in [0, 0.1) is 0 Å². The molecule has 1 unspecified atom stereocenters. The van der Waals surface area contributed by atoms with Gasteiger partial charge in [-0.2, -0.15) is 0 Å². The summed E-state index contributed by atoms with van der Waals surface area (Å²) in [6.45, 7) is 6.18. The summed E-state index contributed by atoms with van der Waals surface area (Å²) < 4.78 is 0. The van der Waals surface area contributed by atoms with E-state index in [0.717, 1.165) is 44.7 Å². The first-order valence-electron chi connectivity index (χ1n) is 10.1. The topological polar surface area (TPSA) is 58.4 Å². The van der Waals surface area contributed by atoms with Crippen molar-refractivity contribution in [1.29, 1.82) is 0 Å². The third kappa shape index (κ3) is 3.40. The van der Waals surface area contributed by atoms with Gasteiger partial charge in [-0.05, 0) is 61.3 Å². The maximum atomic E-state index is 13.2. The molecular weight excluding hydrogens is 370 g/mol. The number of hydrazine groups is 1. The average Bonchev–Trinajstić information content (AvgIpc) is 3.04. The number of nitrogens with one attached hydrogen (secondary N) is 1. The van der Waals surface area contributed by atoms with Crippen LogP contribution in [0.25, 0.3) is 5.57 Å². The Hall–Kier alpha value is -3.37. The number of carbonyl (C=O) groups excluding carboxylic acids is 1. The van der Waals surface area contributed by atoms with Crippen molar-refractivity contribution in [2.24, 2.45) is 0 Å². The Morgan fingerprint density at radius 1 is 0.967 bits per heavy atom. The third-order valence-electron chi connectivity index (χ3n) is 6.05. The molecule has 0 saturated heterocycles. The highest BCUT2D eigenvalue weighted by atomic mass is 16.1. The number of hydrogen-bond acceptors (Lipinski definition) is 4. The fraction of sp³-hybridized carbons (Fsp3) is 0.192. The fourth-order valence-electron chi connectivity index (χ4n) is 4.14. The lowest BCUT2D eigenvalue weighted by atomic mass is 9.80. The summed E-state index contributed by atoms with van der Waals surface area (Å²) in [7, 11) is 2.01. The minimum absolute atomic E-state index is 0.0339. The van der Waals surface area contributed by atoms with Gasteiger partial charge in [-0.15, -0.1) is 0 Å². The van der Waals surface area contributed by atoms with E-state index in [9.17, 15) is 4.79 Å². The normalized spacial score (nSPS) is 21.0. The number of benzene rings is 2. The number of rotatable bonds is 3. The largest absolute Gasteiger partial charge is 0.399 e. The molecule has 1 heterocycles. The van der Waals surface area contributed by atoms with E-state index < -0.39 is 0 Å². The summed E-state index contributed by atoms with van der Waals surface area (Å²) >= 11 is 0. The van der Waals surface area contributed by atoms with E-state index in [-0.39, 0.29) is 11.8 Å². The standard InChI is InChI=1S/C26H27N3O/c1-16-10-15-22(30)23(17(16)2)25(19-11-13-21(27)14-12-19)24-18(3)29(4)28-26(24)20-8-6-5-7-9-20/h5-15,26,28H,27H2,1-4H3. The second-order valence-electron chi connectivity index (χ2n) is 7.91. The van der Waals surface area contributed by atoms with E-state index in [1.165, 1.54) is 0 Å². The summed E-state index contributed by atoms with van der Waals surface area (Å²) in [6.07, 6.45) is 3.57. The number of hydrogen-bond donors (Lipinski definition) is 2. The Balaban J connectivity index is 2.03. The summed E-state index contributed by atoms with van der Waals surface area (Å²) in [5.41, 5.74) is 18.4. The lowest BCUT2D eigenvalue weighted by molar-refractivity contribution is -0.111. The monoisotopic (exact) mass is 397 g/mol. The first kappa shape index (κ1) is 19.9. The highest BCUT2D eigenvalue weighted by Crippen LogP contribution is 2.44. The summed E-state index contributed by atoms with van der Waals surface area (Å²) in [5.74, 6) is 0.0339. The molecule has 0 radical (unpaired) electrons. The molecule has 1 aliphatic carbocycles. The van der Waals surface area contributed by atoms with Crippen LogP contribution in [0.4, 0.5) is 5.69 Å². The van der Waals surface area contributed by atoms with E-state index in [1.54, 1.807) is 6.08 Å². The van der Waals surface area contributed by atoms with Gasteiger partial charge < -0.3 is 10.7 Å². The van der Waals surface area contributed by atoms with Crippen LogP contribution in [-0.4, -0.2) is 17.8 Å². The Kier molecular flexibility index (Phi) is 5.18. The molecule has 1 aliphatic heterocycles. The second kappa shape index (κ2) is 7.81. The van der Waals surface area contributed by atoms with E-state index in [4.69, 9.17) is 5.73 Å². The van der Waals surface area contributed by atoms with E-state index >= 15 is 0 Å². The van der Waals surface area contributed by atoms with Crippen molar-refractivity contribution in [3.63, 3.8) is 0 Å².